The van der Waals surface area contributed by atoms with Crippen molar-refractivity contribution in [2.45, 2.75) is 13.8 Å². The van der Waals surface area contributed by atoms with Gasteiger partial charge in [-0.05, 0) is 41.8 Å². The first-order valence-corrected chi connectivity index (χ1v) is 4.54. The number of thiophene rings is 1. The van der Waals surface area contributed by atoms with E-state index in [-0.39, 0.29) is 0 Å². The van der Waals surface area contributed by atoms with Crippen LogP contribution in [0.3, 0.4) is 0 Å². The quantitative estimate of drug-likeness (QED) is 0.584. The summed E-state index contributed by atoms with van der Waals surface area (Å²) in [6, 6.07) is 2.12. The van der Waals surface area contributed by atoms with Gasteiger partial charge in [0.05, 0.1) is 0 Å². The molecule has 0 saturated carbocycles. The van der Waals surface area contributed by atoms with Crippen molar-refractivity contribution in [3.63, 3.8) is 0 Å². The zero-order chi connectivity index (χ0) is 8.27. The fraction of sp³-hybridized carbons (Fsp3) is 0.200. The lowest BCUT2D eigenvalue weighted by Gasteiger charge is -2.01. The maximum atomic E-state index is 3.92. The SMILES string of the molecule is C=C(C)/C(=C\C)c1ccsc1. The largest absolute Gasteiger partial charge is 0.152 e. The molecule has 0 fully saturated rings. The predicted octanol–water partition coefficient (Wildman–Crippen LogP) is 3.73. The number of hydrogen-bond acceptors (Lipinski definition) is 1. The monoisotopic (exact) mass is 164 g/mol. The van der Waals surface area contributed by atoms with Crippen molar-refractivity contribution >= 4 is 16.9 Å². The molecular formula is C10H12S. The normalized spacial score (nSPS) is 11.6. The summed E-state index contributed by atoms with van der Waals surface area (Å²) in [5.74, 6) is 0. The van der Waals surface area contributed by atoms with Gasteiger partial charge in [-0.15, -0.1) is 0 Å². The molecule has 0 bridgehead atoms. The van der Waals surface area contributed by atoms with Crippen LogP contribution in [0.5, 0.6) is 0 Å². The highest BCUT2D eigenvalue weighted by atomic mass is 32.1. The van der Waals surface area contributed by atoms with Crippen molar-refractivity contribution in [1.82, 2.24) is 0 Å². The lowest BCUT2D eigenvalue weighted by atomic mass is 10.0. The van der Waals surface area contributed by atoms with Crippen LogP contribution in [0.15, 0.2) is 35.1 Å². The minimum atomic E-state index is 1.13. The summed E-state index contributed by atoms with van der Waals surface area (Å²) >= 11 is 1.72. The second-order valence-electron chi connectivity index (χ2n) is 2.49. The second kappa shape index (κ2) is 3.54. The average molecular weight is 164 g/mol. The molecule has 1 rings (SSSR count). The molecule has 0 N–H and O–H groups in total. The highest BCUT2D eigenvalue weighted by molar-refractivity contribution is 7.08. The van der Waals surface area contributed by atoms with Crippen LogP contribution in [-0.2, 0) is 0 Å². The highest BCUT2D eigenvalue weighted by Gasteiger charge is 1.99. The fourth-order valence-electron chi connectivity index (χ4n) is 1.08. The molecule has 0 aliphatic carbocycles. The van der Waals surface area contributed by atoms with Gasteiger partial charge in [-0.3, -0.25) is 0 Å². The number of rotatable bonds is 2. The Morgan fingerprint density at radius 2 is 2.36 bits per heavy atom. The van der Waals surface area contributed by atoms with Gasteiger partial charge >= 0.3 is 0 Å². The summed E-state index contributed by atoms with van der Waals surface area (Å²) in [7, 11) is 0. The molecule has 0 spiro atoms. The van der Waals surface area contributed by atoms with Crippen molar-refractivity contribution in [1.29, 1.82) is 0 Å². The maximum absolute atomic E-state index is 3.92. The Bertz CT molecular complexity index is 265. The van der Waals surface area contributed by atoms with E-state index < -0.39 is 0 Å². The lowest BCUT2D eigenvalue weighted by molar-refractivity contribution is 1.53. The van der Waals surface area contributed by atoms with Crippen LogP contribution in [-0.4, -0.2) is 0 Å². The Morgan fingerprint density at radius 3 is 2.73 bits per heavy atom. The molecule has 0 saturated heterocycles. The van der Waals surface area contributed by atoms with E-state index >= 15 is 0 Å². The first kappa shape index (κ1) is 8.28. The van der Waals surface area contributed by atoms with Gasteiger partial charge in [0, 0.05) is 0 Å². The molecule has 1 aromatic rings. The zero-order valence-electron chi connectivity index (χ0n) is 6.92. The molecule has 0 aliphatic rings. The van der Waals surface area contributed by atoms with Crippen LogP contribution in [0.25, 0.3) is 5.57 Å². The van der Waals surface area contributed by atoms with E-state index in [2.05, 4.69) is 29.5 Å². The Labute approximate surface area is 71.9 Å². The third kappa shape index (κ3) is 1.81. The van der Waals surface area contributed by atoms with Crippen LogP contribution < -0.4 is 0 Å². The number of allylic oxidation sites excluding steroid dienone is 3. The van der Waals surface area contributed by atoms with Gasteiger partial charge in [0.1, 0.15) is 0 Å². The molecular weight excluding hydrogens is 152 g/mol. The molecule has 0 aromatic carbocycles. The van der Waals surface area contributed by atoms with E-state index in [0.29, 0.717) is 0 Å². The van der Waals surface area contributed by atoms with Gasteiger partial charge in [0.2, 0.25) is 0 Å². The first-order chi connectivity index (χ1) is 5.25. The summed E-state index contributed by atoms with van der Waals surface area (Å²) in [5.41, 5.74) is 3.67. The second-order valence-corrected chi connectivity index (χ2v) is 3.27. The van der Waals surface area contributed by atoms with Gasteiger partial charge in [-0.1, -0.05) is 18.2 Å². The summed E-state index contributed by atoms with van der Waals surface area (Å²) in [6.07, 6.45) is 2.10. The van der Waals surface area contributed by atoms with E-state index in [1.807, 2.05) is 13.8 Å². The molecule has 1 heteroatoms. The average Bonchev–Trinajstić information content (AvgIpc) is 2.40. The summed E-state index contributed by atoms with van der Waals surface area (Å²) < 4.78 is 0. The summed E-state index contributed by atoms with van der Waals surface area (Å²) in [5, 5.41) is 4.23. The van der Waals surface area contributed by atoms with E-state index in [4.69, 9.17) is 0 Å². The van der Waals surface area contributed by atoms with Gasteiger partial charge in [0.15, 0.2) is 0 Å². The lowest BCUT2D eigenvalue weighted by Crippen LogP contribution is -1.79. The van der Waals surface area contributed by atoms with Crippen molar-refractivity contribution in [2.24, 2.45) is 0 Å². The summed E-state index contributed by atoms with van der Waals surface area (Å²) in [4.78, 5) is 0. The molecule has 58 valence electrons. The molecule has 11 heavy (non-hydrogen) atoms. The van der Waals surface area contributed by atoms with Crippen molar-refractivity contribution in [2.75, 3.05) is 0 Å². The Hall–Kier alpha value is -0.820. The minimum Gasteiger partial charge on any atom is -0.152 e. The van der Waals surface area contributed by atoms with Gasteiger partial charge in [-0.25, -0.2) is 0 Å². The molecule has 1 heterocycles. The molecule has 0 atom stereocenters. The van der Waals surface area contributed by atoms with Crippen molar-refractivity contribution in [3.8, 4) is 0 Å². The highest BCUT2D eigenvalue weighted by Crippen LogP contribution is 2.22. The van der Waals surface area contributed by atoms with Crippen molar-refractivity contribution in [3.05, 3.63) is 40.6 Å². The molecule has 0 radical (unpaired) electrons. The Morgan fingerprint density at radius 1 is 1.64 bits per heavy atom. The third-order valence-corrected chi connectivity index (χ3v) is 2.26. The van der Waals surface area contributed by atoms with Crippen LogP contribution in [0.4, 0.5) is 0 Å². The van der Waals surface area contributed by atoms with Crippen LogP contribution in [0.2, 0.25) is 0 Å². The van der Waals surface area contributed by atoms with E-state index in [9.17, 15) is 0 Å². The number of hydrogen-bond donors (Lipinski definition) is 0. The van der Waals surface area contributed by atoms with Crippen LogP contribution >= 0.6 is 11.3 Å². The molecule has 0 nitrogen and oxygen atoms in total. The van der Waals surface area contributed by atoms with Crippen LogP contribution in [0.1, 0.15) is 19.4 Å². The minimum absolute atomic E-state index is 1.13. The van der Waals surface area contributed by atoms with Gasteiger partial charge < -0.3 is 0 Å². The van der Waals surface area contributed by atoms with Crippen molar-refractivity contribution < 1.29 is 0 Å². The first-order valence-electron chi connectivity index (χ1n) is 3.60. The van der Waals surface area contributed by atoms with E-state index in [0.717, 1.165) is 5.57 Å². The maximum Gasteiger partial charge on any atom is -0.00148 e. The Balaban J connectivity index is 2.99. The fourth-order valence-corrected chi connectivity index (χ4v) is 1.73. The van der Waals surface area contributed by atoms with Crippen LogP contribution in [0, 0.1) is 0 Å². The van der Waals surface area contributed by atoms with E-state index in [1.54, 1.807) is 11.3 Å². The third-order valence-electron chi connectivity index (χ3n) is 1.58. The van der Waals surface area contributed by atoms with Gasteiger partial charge in [0.25, 0.3) is 0 Å². The molecule has 1 aromatic heterocycles. The zero-order valence-corrected chi connectivity index (χ0v) is 7.74. The van der Waals surface area contributed by atoms with Gasteiger partial charge in [-0.2, -0.15) is 11.3 Å². The standard InChI is InChI=1S/C10H12S/c1-4-10(8(2)3)9-5-6-11-7-9/h4-7H,2H2,1,3H3/b10-4+. The molecule has 0 amide bonds. The predicted molar refractivity (Wildman–Crippen MR) is 52.8 cm³/mol. The summed E-state index contributed by atoms with van der Waals surface area (Å²) in [6.45, 7) is 8.00. The topological polar surface area (TPSA) is 0 Å². The smallest absolute Gasteiger partial charge is 0.00148 e. The Kier molecular flexibility index (Phi) is 2.66. The molecule has 0 aliphatic heterocycles. The molecule has 0 unspecified atom stereocenters. The van der Waals surface area contributed by atoms with E-state index in [1.165, 1.54) is 11.1 Å².